The molecule has 0 aliphatic carbocycles. The van der Waals surface area contributed by atoms with E-state index in [1.165, 1.54) is 11.4 Å². The number of anilines is 4. The Balaban J connectivity index is 1.51. The van der Waals surface area contributed by atoms with E-state index in [-0.39, 0.29) is 11.8 Å². The van der Waals surface area contributed by atoms with E-state index in [4.69, 9.17) is 0 Å². The van der Waals surface area contributed by atoms with Crippen molar-refractivity contribution >= 4 is 44.6 Å². The van der Waals surface area contributed by atoms with Crippen LogP contribution in [0.15, 0.2) is 60.7 Å². The van der Waals surface area contributed by atoms with Gasteiger partial charge in [0.1, 0.15) is 0 Å². The average Bonchev–Trinajstić information content (AvgIpc) is 3.34. The Hall–Kier alpha value is -3.85. The van der Waals surface area contributed by atoms with Gasteiger partial charge in [-0.15, -0.1) is 0 Å². The second-order valence-electron chi connectivity index (χ2n) is 8.85. The minimum atomic E-state index is -3.45. The van der Waals surface area contributed by atoms with Crippen LogP contribution in [-0.4, -0.2) is 51.5 Å². The van der Waals surface area contributed by atoms with E-state index in [1.807, 2.05) is 23.1 Å². The highest BCUT2D eigenvalue weighted by molar-refractivity contribution is 7.92. The molecule has 35 heavy (non-hydrogen) atoms. The molecule has 0 radical (unpaired) electrons. The zero-order valence-corrected chi connectivity index (χ0v) is 20.4. The van der Waals surface area contributed by atoms with Crippen LogP contribution in [-0.2, 0) is 10.0 Å². The molecule has 3 aromatic rings. The Kier molecular flexibility index (Phi) is 5.72. The number of carbonyl (C=O) groups is 2. The number of para-hydroxylation sites is 1. The Morgan fingerprint density at radius 2 is 1.63 bits per heavy atom. The van der Waals surface area contributed by atoms with Gasteiger partial charge in [-0.1, -0.05) is 24.3 Å². The van der Waals surface area contributed by atoms with Gasteiger partial charge in [0.15, 0.2) is 0 Å². The summed E-state index contributed by atoms with van der Waals surface area (Å²) in [6.07, 6.45) is 3.18. The number of sulfonamides is 1. The summed E-state index contributed by atoms with van der Waals surface area (Å²) >= 11 is 0. The third-order valence-corrected chi connectivity index (χ3v) is 7.68. The molecule has 9 heteroatoms. The summed E-state index contributed by atoms with van der Waals surface area (Å²) in [6.45, 7) is 1.51. The van der Waals surface area contributed by atoms with Crippen molar-refractivity contribution in [1.82, 2.24) is 4.90 Å². The minimum Gasteiger partial charge on any atom is -0.353 e. The number of benzene rings is 3. The van der Waals surface area contributed by atoms with Crippen molar-refractivity contribution in [3.63, 3.8) is 0 Å². The van der Waals surface area contributed by atoms with Gasteiger partial charge < -0.3 is 15.5 Å². The van der Waals surface area contributed by atoms with Gasteiger partial charge in [-0.05, 0) is 54.8 Å². The third-order valence-electron chi connectivity index (χ3n) is 6.49. The molecule has 1 saturated heterocycles. The van der Waals surface area contributed by atoms with E-state index in [9.17, 15) is 18.0 Å². The smallest absolute Gasteiger partial charge is 0.257 e. The molecular formula is C26H26N4O4S. The second-order valence-corrected chi connectivity index (χ2v) is 10.9. The monoisotopic (exact) mass is 490 g/mol. The number of nitrogens with one attached hydrogen (secondary N) is 2. The van der Waals surface area contributed by atoms with Crippen LogP contribution in [0, 0.1) is 0 Å². The lowest BCUT2D eigenvalue weighted by Gasteiger charge is -2.21. The van der Waals surface area contributed by atoms with Crippen LogP contribution >= 0.6 is 0 Å². The standard InChI is InChI=1S/C26H26N4O4S/c1-29(35(2,33)34)24-8-4-3-7-19(24)17-9-11-20-22(15-17)27-21-12-10-18(16-23(21)28-25(20)31)26(32)30-13-5-6-14-30/h3-4,7-12,15-16,27H,5-6,13-14H2,1-2H3,(H,28,31). The Morgan fingerprint density at radius 3 is 2.37 bits per heavy atom. The van der Waals surface area contributed by atoms with Crippen LogP contribution in [0.5, 0.6) is 0 Å². The van der Waals surface area contributed by atoms with Gasteiger partial charge >= 0.3 is 0 Å². The molecule has 0 aromatic heterocycles. The first kappa shape index (κ1) is 22.9. The van der Waals surface area contributed by atoms with E-state index < -0.39 is 10.0 Å². The highest BCUT2D eigenvalue weighted by Crippen LogP contribution is 2.38. The molecular weight excluding hydrogens is 464 g/mol. The van der Waals surface area contributed by atoms with Gasteiger partial charge in [-0.3, -0.25) is 13.9 Å². The van der Waals surface area contributed by atoms with E-state index in [0.29, 0.717) is 33.9 Å². The molecule has 0 spiro atoms. The molecule has 0 atom stereocenters. The molecule has 3 aromatic carbocycles. The summed E-state index contributed by atoms with van der Waals surface area (Å²) in [6, 6.07) is 17.8. The second kappa shape index (κ2) is 8.74. The lowest BCUT2D eigenvalue weighted by molar-refractivity contribution is 0.0792. The lowest BCUT2D eigenvalue weighted by atomic mass is 10.0. The van der Waals surface area contributed by atoms with Crippen molar-refractivity contribution in [3.05, 3.63) is 71.8 Å². The summed E-state index contributed by atoms with van der Waals surface area (Å²) < 4.78 is 25.6. The van der Waals surface area contributed by atoms with E-state index >= 15 is 0 Å². The fraction of sp³-hybridized carbons (Fsp3) is 0.231. The number of carbonyl (C=O) groups excluding carboxylic acids is 2. The van der Waals surface area contributed by atoms with Crippen molar-refractivity contribution in [2.24, 2.45) is 0 Å². The first-order valence-electron chi connectivity index (χ1n) is 11.4. The maximum atomic E-state index is 13.0. The number of rotatable bonds is 4. The predicted octanol–water partition coefficient (Wildman–Crippen LogP) is 4.29. The molecule has 0 unspecified atom stereocenters. The zero-order valence-electron chi connectivity index (χ0n) is 19.5. The third kappa shape index (κ3) is 4.35. The average molecular weight is 491 g/mol. The Morgan fingerprint density at radius 1 is 0.886 bits per heavy atom. The van der Waals surface area contributed by atoms with Crippen LogP contribution in [0.3, 0.4) is 0 Å². The topological polar surface area (TPSA) is 98.8 Å². The summed E-state index contributed by atoms with van der Waals surface area (Å²) in [5.74, 6) is -0.319. The Labute approximate surface area is 204 Å². The van der Waals surface area contributed by atoms with Gasteiger partial charge in [-0.25, -0.2) is 8.42 Å². The summed E-state index contributed by atoms with van der Waals surface area (Å²) in [4.78, 5) is 27.7. The van der Waals surface area contributed by atoms with Gasteiger partial charge in [0.25, 0.3) is 11.8 Å². The molecule has 0 bridgehead atoms. The van der Waals surface area contributed by atoms with Gasteiger partial charge in [0.2, 0.25) is 10.0 Å². The van der Waals surface area contributed by atoms with Crippen LogP contribution in [0.2, 0.25) is 0 Å². The molecule has 2 aliphatic rings. The molecule has 0 saturated carbocycles. The highest BCUT2D eigenvalue weighted by Gasteiger charge is 2.24. The normalized spacial score (nSPS) is 14.9. The molecule has 180 valence electrons. The maximum absolute atomic E-state index is 13.0. The summed E-state index contributed by atoms with van der Waals surface area (Å²) in [5, 5.41) is 6.23. The van der Waals surface area contributed by atoms with E-state index in [2.05, 4.69) is 10.6 Å². The Bertz CT molecular complexity index is 1450. The molecule has 2 heterocycles. The van der Waals surface area contributed by atoms with Crippen LogP contribution in [0.25, 0.3) is 11.1 Å². The number of likely N-dealkylation sites (tertiary alicyclic amines) is 1. The number of hydrogen-bond donors (Lipinski definition) is 2. The quantitative estimate of drug-likeness (QED) is 0.568. The molecule has 2 aliphatic heterocycles. The summed E-state index contributed by atoms with van der Waals surface area (Å²) in [5.41, 5.74) is 4.82. The SMILES string of the molecule is CN(c1ccccc1-c1ccc2c(c1)Nc1ccc(C(=O)N3CCCC3)cc1NC2=O)S(C)(=O)=O. The largest absolute Gasteiger partial charge is 0.353 e. The fourth-order valence-electron chi connectivity index (χ4n) is 4.51. The van der Waals surface area contributed by atoms with Crippen molar-refractivity contribution < 1.29 is 18.0 Å². The first-order valence-corrected chi connectivity index (χ1v) is 13.3. The number of fused-ring (bicyclic) bond motifs is 2. The van der Waals surface area contributed by atoms with Crippen molar-refractivity contribution in [3.8, 4) is 11.1 Å². The maximum Gasteiger partial charge on any atom is 0.257 e. The van der Waals surface area contributed by atoms with Crippen LogP contribution < -0.4 is 14.9 Å². The molecule has 2 N–H and O–H groups in total. The summed E-state index contributed by atoms with van der Waals surface area (Å²) in [7, 11) is -1.94. The molecule has 1 fully saturated rings. The first-order chi connectivity index (χ1) is 16.7. The zero-order chi connectivity index (χ0) is 24.7. The van der Waals surface area contributed by atoms with Crippen molar-refractivity contribution in [2.75, 3.05) is 41.3 Å². The van der Waals surface area contributed by atoms with Crippen molar-refractivity contribution in [1.29, 1.82) is 0 Å². The van der Waals surface area contributed by atoms with Gasteiger partial charge in [0.05, 0.1) is 34.6 Å². The highest BCUT2D eigenvalue weighted by atomic mass is 32.2. The molecule has 2 amide bonds. The number of hydrogen-bond acceptors (Lipinski definition) is 5. The number of amides is 2. The van der Waals surface area contributed by atoms with Crippen LogP contribution in [0.4, 0.5) is 22.7 Å². The fourth-order valence-corrected chi connectivity index (χ4v) is 5.03. The van der Waals surface area contributed by atoms with Gasteiger partial charge in [0, 0.05) is 31.3 Å². The van der Waals surface area contributed by atoms with E-state index in [0.717, 1.165) is 43.3 Å². The van der Waals surface area contributed by atoms with Gasteiger partial charge in [-0.2, -0.15) is 0 Å². The predicted molar refractivity (Wildman–Crippen MR) is 138 cm³/mol. The number of nitrogens with zero attached hydrogens (tertiary/aromatic N) is 2. The van der Waals surface area contributed by atoms with Crippen LogP contribution in [0.1, 0.15) is 33.6 Å². The van der Waals surface area contributed by atoms with Crippen molar-refractivity contribution in [2.45, 2.75) is 12.8 Å². The van der Waals surface area contributed by atoms with E-state index in [1.54, 1.807) is 42.5 Å². The molecule has 5 rings (SSSR count). The minimum absolute atomic E-state index is 0.0322. The lowest BCUT2D eigenvalue weighted by Crippen LogP contribution is -2.27. The molecule has 8 nitrogen and oxygen atoms in total.